The van der Waals surface area contributed by atoms with Crippen molar-refractivity contribution in [3.05, 3.63) is 42.5 Å². The molecule has 1 rings (SSSR count). The van der Waals surface area contributed by atoms with E-state index in [-0.39, 0.29) is 6.42 Å². The molecule has 0 aromatic heterocycles. The molecule has 0 heterocycles. The van der Waals surface area contributed by atoms with Crippen LogP contribution in [0.15, 0.2) is 36.9 Å². The zero-order chi connectivity index (χ0) is 15.0. The van der Waals surface area contributed by atoms with Crippen molar-refractivity contribution in [3.8, 4) is 0 Å². The van der Waals surface area contributed by atoms with Crippen molar-refractivity contribution in [2.24, 2.45) is 0 Å². The lowest BCUT2D eigenvalue weighted by molar-refractivity contribution is -0.126. The Morgan fingerprint density at radius 2 is 2.05 bits per heavy atom. The number of anilines is 1. The minimum Gasteiger partial charge on any atom is -0.465 e. The number of methoxy groups -OCH3 is 1. The van der Waals surface area contributed by atoms with E-state index in [4.69, 9.17) is 0 Å². The van der Waals surface area contributed by atoms with Gasteiger partial charge in [0.25, 0.3) is 0 Å². The summed E-state index contributed by atoms with van der Waals surface area (Å²) in [6, 6.07) is 6.27. The van der Waals surface area contributed by atoms with Crippen LogP contribution in [0.4, 0.5) is 5.69 Å². The summed E-state index contributed by atoms with van der Waals surface area (Å²) < 4.78 is 4.58. The lowest BCUT2D eigenvalue weighted by Gasteiger charge is -2.06. The van der Waals surface area contributed by atoms with E-state index in [1.165, 1.54) is 19.3 Å². The van der Waals surface area contributed by atoms with E-state index in [0.29, 0.717) is 17.8 Å². The van der Waals surface area contributed by atoms with Gasteiger partial charge in [-0.2, -0.15) is 0 Å². The smallest absolute Gasteiger partial charge is 0.337 e. The molecule has 0 aliphatic heterocycles. The van der Waals surface area contributed by atoms with E-state index in [9.17, 15) is 14.4 Å². The second-order valence-electron chi connectivity index (χ2n) is 3.89. The van der Waals surface area contributed by atoms with E-state index in [0.717, 1.165) is 0 Å². The molecule has 106 valence electrons. The Hall–Kier alpha value is -2.63. The van der Waals surface area contributed by atoms with Gasteiger partial charge in [-0.15, -0.1) is 6.58 Å². The molecule has 0 saturated heterocycles. The fraction of sp³-hybridized carbons (Fsp3) is 0.214. The van der Waals surface area contributed by atoms with Gasteiger partial charge in [0.15, 0.2) is 0 Å². The molecule has 1 aromatic carbocycles. The topological polar surface area (TPSA) is 84.5 Å². The molecule has 0 aliphatic rings. The number of esters is 1. The summed E-state index contributed by atoms with van der Waals surface area (Å²) in [5.41, 5.74) is 0.746. The fourth-order valence-electron chi connectivity index (χ4n) is 1.44. The molecule has 0 bridgehead atoms. The predicted molar refractivity (Wildman–Crippen MR) is 74.2 cm³/mol. The fourth-order valence-corrected chi connectivity index (χ4v) is 1.44. The molecule has 0 unspecified atom stereocenters. The molecule has 1 aromatic rings. The number of carbonyl (C=O) groups is 3. The lowest BCUT2D eigenvalue weighted by atomic mass is 10.2. The molecule has 6 heteroatoms. The average molecular weight is 276 g/mol. The van der Waals surface area contributed by atoms with Gasteiger partial charge in [-0.25, -0.2) is 4.79 Å². The van der Waals surface area contributed by atoms with Crippen LogP contribution in [0.5, 0.6) is 0 Å². The zero-order valence-electron chi connectivity index (χ0n) is 11.1. The summed E-state index contributed by atoms with van der Waals surface area (Å²) in [7, 11) is 1.28. The maximum Gasteiger partial charge on any atom is 0.337 e. The average Bonchev–Trinajstić information content (AvgIpc) is 2.44. The van der Waals surface area contributed by atoms with Gasteiger partial charge in [-0.3, -0.25) is 9.59 Å². The third-order valence-corrected chi connectivity index (χ3v) is 2.33. The van der Waals surface area contributed by atoms with E-state index in [2.05, 4.69) is 21.9 Å². The molecule has 0 radical (unpaired) electrons. The van der Waals surface area contributed by atoms with Crippen LogP contribution >= 0.6 is 0 Å². The Labute approximate surface area is 116 Å². The van der Waals surface area contributed by atoms with Crippen LogP contribution in [0.25, 0.3) is 0 Å². The summed E-state index contributed by atoms with van der Waals surface area (Å²) in [6.45, 7) is 3.76. The Balaban J connectivity index is 2.59. The Kier molecular flexibility index (Phi) is 5.96. The molecule has 2 N–H and O–H groups in total. The number of rotatable bonds is 6. The number of nitrogens with one attached hydrogen (secondary N) is 2. The van der Waals surface area contributed by atoms with Crippen molar-refractivity contribution >= 4 is 23.5 Å². The molecule has 6 nitrogen and oxygen atoms in total. The molecule has 0 aliphatic carbocycles. The highest BCUT2D eigenvalue weighted by Crippen LogP contribution is 2.11. The SMILES string of the molecule is C=CCNC(=O)CC(=O)Nc1cccc(C(=O)OC)c1. The Bertz CT molecular complexity index is 526. The van der Waals surface area contributed by atoms with E-state index in [1.54, 1.807) is 18.2 Å². The van der Waals surface area contributed by atoms with Gasteiger partial charge in [0.05, 0.1) is 12.7 Å². The van der Waals surface area contributed by atoms with Gasteiger partial charge in [-0.05, 0) is 18.2 Å². The molecular weight excluding hydrogens is 260 g/mol. The van der Waals surface area contributed by atoms with Crippen molar-refractivity contribution in [3.63, 3.8) is 0 Å². The van der Waals surface area contributed by atoms with Crippen LogP contribution in [-0.4, -0.2) is 31.4 Å². The summed E-state index contributed by atoms with van der Waals surface area (Å²) in [5.74, 6) is -1.36. The van der Waals surface area contributed by atoms with Gasteiger partial charge in [0.2, 0.25) is 11.8 Å². The normalized spacial score (nSPS) is 9.45. The number of benzene rings is 1. The first-order chi connectivity index (χ1) is 9.56. The van der Waals surface area contributed by atoms with Gasteiger partial charge >= 0.3 is 5.97 Å². The van der Waals surface area contributed by atoms with Gasteiger partial charge < -0.3 is 15.4 Å². The molecule has 0 atom stereocenters. The quantitative estimate of drug-likeness (QED) is 0.463. The predicted octanol–water partition coefficient (Wildman–Crippen LogP) is 1.10. The first-order valence-corrected chi connectivity index (χ1v) is 5.92. The molecule has 0 saturated carbocycles. The Morgan fingerprint density at radius 3 is 2.70 bits per heavy atom. The lowest BCUT2D eigenvalue weighted by Crippen LogP contribution is -2.28. The standard InChI is InChI=1S/C14H16N2O4/c1-3-7-15-12(17)9-13(18)16-11-6-4-5-10(8-11)14(19)20-2/h3-6,8H,1,7,9H2,2H3,(H,15,17)(H,16,18). The first-order valence-electron chi connectivity index (χ1n) is 5.92. The van der Waals surface area contributed by atoms with Crippen LogP contribution < -0.4 is 10.6 Å². The number of hydrogen-bond donors (Lipinski definition) is 2. The van der Waals surface area contributed by atoms with Crippen molar-refractivity contribution in [1.82, 2.24) is 5.32 Å². The number of ether oxygens (including phenoxy) is 1. The van der Waals surface area contributed by atoms with Crippen LogP contribution in [-0.2, 0) is 14.3 Å². The van der Waals surface area contributed by atoms with E-state index >= 15 is 0 Å². The minimum atomic E-state index is -0.496. The van der Waals surface area contributed by atoms with Crippen molar-refractivity contribution in [2.75, 3.05) is 19.0 Å². The molecule has 20 heavy (non-hydrogen) atoms. The maximum absolute atomic E-state index is 11.6. The largest absolute Gasteiger partial charge is 0.465 e. The zero-order valence-corrected chi connectivity index (χ0v) is 11.1. The second kappa shape index (κ2) is 7.73. The third kappa shape index (κ3) is 4.93. The first kappa shape index (κ1) is 15.4. The van der Waals surface area contributed by atoms with Crippen LogP contribution in [0, 0.1) is 0 Å². The van der Waals surface area contributed by atoms with Gasteiger partial charge in [0.1, 0.15) is 6.42 Å². The number of carbonyl (C=O) groups excluding carboxylic acids is 3. The number of amides is 2. The monoisotopic (exact) mass is 276 g/mol. The second-order valence-corrected chi connectivity index (χ2v) is 3.89. The van der Waals surface area contributed by atoms with E-state index < -0.39 is 17.8 Å². The third-order valence-electron chi connectivity index (χ3n) is 2.33. The van der Waals surface area contributed by atoms with Crippen LogP contribution in [0.1, 0.15) is 16.8 Å². The van der Waals surface area contributed by atoms with Crippen molar-refractivity contribution < 1.29 is 19.1 Å². The summed E-state index contributed by atoms with van der Waals surface area (Å²) in [5, 5.41) is 5.03. The highest BCUT2D eigenvalue weighted by Gasteiger charge is 2.10. The van der Waals surface area contributed by atoms with Crippen molar-refractivity contribution in [1.29, 1.82) is 0 Å². The minimum absolute atomic E-state index is 0.295. The number of hydrogen-bond acceptors (Lipinski definition) is 4. The van der Waals surface area contributed by atoms with Crippen LogP contribution in [0.3, 0.4) is 0 Å². The summed E-state index contributed by atoms with van der Waals surface area (Å²) >= 11 is 0. The summed E-state index contributed by atoms with van der Waals surface area (Å²) in [6.07, 6.45) is 1.23. The maximum atomic E-state index is 11.6. The van der Waals surface area contributed by atoms with Crippen molar-refractivity contribution in [2.45, 2.75) is 6.42 Å². The molecule has 0 fully saturated rings. The molecule has 0 spiro atoms. The van der Waals surface area contributed by atoms with Crippen LogP contribution in [0.2, 0.25) is 0 Å². The van der Waals surface area contributed by atoms with E-state index in [1.807, 2.05) is 0 Å². The highest BCUT2D eigenvalue weighted by atomic mass is 16.5. The molecular formula is C14H16N2O4. The highest BCUT2D eigenvalue weighted by molar-refractivity contribution is 6.04. The molecule has 2 amide bonds. The van der Waals surface area contributed by atoms with Gasteiger partial charge in [0, 0.05) is 12.2 Å². The Morgan fingerprint density at radius 1 is 1.30 bits per heavy atom. The van der Waals surface area contributed by atoms with Gasteiger partial charge in [-0.1, -0.05) is 12.1 Å². The summed E-state index contributed by atoms with van der Waals surface area (Å²) in [4.78, 5) is 34.3.